The summed E-state index contributed by atoms with van der Waals surface area (Å²) in [5, 5.41) is 8.52. The predicted molar refractivity (Wildman–Crippen MR) is 135 cm³/mol. The summed E-state index contributed by atoms with van der Waals surface area (Å²) in [6.07, 6.45) is 4.62. The number of piperidine rings is 1. The second kappa shape index (κ2) is 9.67. The molecular weight excluding hydrogens is 489 g/mol. The van der Waals surface area contributed by atoms with Crippen LogP contribution < -0.4 is 10.9 Å². The molecule has 3 aromatic heterocycles. The number of hydrogen-bond donors (Lipinski definition) is 2. The highest BCUT2D eigenvalue weighted by molar-refractivity contribution is 6.42. The van der Waals surface area contributed by atoms with Gasteiger partial charge in [-0.25, -0.2) is 4.98 Å². The van der Waals surface area contributed by atoms with Gasteiger partial charge in [0.2, 0.25) is 5.95 Å². The molecule has 5 rings (SSSR count). The second-order valence-corrected chi connectivity index (χ2v) is 9.40. The quantitative estimate of drug-likeness (QED) is 0.415. The van der Waals surface area contributed by atoms with Gasteiger partial charge in [-0.3, -0.25) is 24.2 Å². The van der Waals surface area contributed by atoms with E-state index in [1.165, 1.54) is 0 Å². The molecule has 0 atom stereocenters. The fourth-order valence-electron chi connectivity index (χ4n) is 4.30. The lowest BCUT2D eigenvalue weighted by Crippen LogP contribution is -2.39. The zero-order valence-electron chi connectivity index (χ0n) is 19.0. The number of pyridine rings is 1. The Labute approximate surface area is 211 Å². The van der Waals surface area contributed by atoms with Crippen molar-refractivity contribution in [2.75, 3.05) is 18.4 Å². The highest BCUT2D eigenvalue weighted by atomic mass is 35.5. The molecule has 1 aliphatic rings. The van der Waals surface area contributed by atoms with E-state index in [9.17, 15) is 9.59 Å². The number of amides is 1. The third-order valence-electron chi connectivity index (χ3n) is 6.13. The summed E-state index contributed by atoms with van der Waals surface area (Å²) in [6, 6.07) is 9.00. The lowest BCUT2D eigenvalue weighted by molar-refractivity contribution is 0.0685. The van der Waals surface area contributed by atoms with Gasteiger partial charge in [-0.1, -0.05) is 29.3 Å². The molecule has 9 nitrogen and oxygen atoms in total. The molecule has 0 radical (unpaired) electrons. The highest BCUT2D eigenvalue weighted by Crippen LogP contribution is 2.26. The first-order valence-corrected chi connectivity index (χ1v) is 12.0. The van der Waals surface area contributed by atoms with E-state index in [4.69, 9.17) is 23.2 Å². The Hall–Kier alpha value is -3.43. The van der Waals surface area contributed by atoms with Gasteiger partial charge >= 0.3 is 0 Å². The molecule has 11 heteroatoms. The van der Waals surface area contributed by atoms with E-state index in [0.717, 1.165) is 11.1 Å². The van der Waals surface area contributed by atoms with Crippen LogP contribution in [0.1, 0.15) is 40.5 Å². The monoisotopic (exact) mass is 511 g/mol. The summed E-state index contributed by atoms with van der Waals surface area (Å²) in [5.41, 5.74) is 3.02. The van der Waals surface area contributed by atoms with Crippen molar-refractivity contribution in [2.45, 2.75) is 32.4 Å². The fourth-order valence-corrected chi connectivity index (χ4v) is 4.62. The van der Waals surface area contributed by atoms with Gasteiger partial charge in [0.15, 0.2) is 5.52 Å². The van der Waals surface area contributed by atoms with Gasteiger partial charge < -0.3 is 10.2 Å². The number of hydrogen-bond acceptors (Lipinski definition) is 6. The number of aromatic nitrogens is 5. The number of benzene rings is 1. The Bertz CT molecular complexity index is 1460. The minimum absolute atomic E-state index is 0.0000583. The number of halogens is 2. The van der Waals surface area contributed by atoms with Crippen LogP contribution in [0.25, 0.3) is 11.0 Å². The molecule has 0 aliphatic carbocycles. The lowest BCUT2D eigenvalue weighted by atomic mass is 10.0. The van der Waals surface area contributed by atoms with Crippen molar-refractivity contribution < 1.29 is 4.79 Å². The molecule has 1 amide bonds. The molecule has 180 valence electrons. The third kappa shape index (κ3) is 4.87. The number of aryl methyl sites for hydroxylation is 1. The van der Waals surface area contributed by atoms with Crippen molar-refractivity contribution in [3.63, 3.8) is 0 Å². The van der Waals surface area contributed by atoms with Crippen molar-refractivity contribution in [3.8, 4) is 0 Å². The Balaban J connectivity index is 1.28. The van der Waals surface area contributed by atoms with Crippen LogP contribution in [0.5, 0.6) is 0 Å². The Morgan fingerprint density at radius 1 is 1.17 bits per heavy atom. The van der Waals surface area contributed by atoms with Crippen molar-refractivity contribution >= 4 is 46.1 Å². The predicted octanol–water partition coefficient (Wildman–Crippen LogP) is 4.22. The van der Waals surface area contributed by atoms with Crippen molar-refractivity contribution in [3.05, 3.63) is 79.9 Å². The smallest absolute Gasteiger partial charge is 0.278 e. The molecular formula is C24H23Cl2N7O2. The third-order valence-corrected chi connectivity index (χ3v) is 6.87. The average Bonchev–Trinajstić information content (AvgIpc) is 3.29. The fraction of sp³-hybridized carbons (Fsp3) is 0.292. The maximum absolute atomic E-state index is 12.9. The summed E-state index contributed by atoms with van der Waals surface area (Å²) in [6.45, 7) is 3.49. The molecule has 0 unspecified atom stereocenters. The molecule has 4 heterocycles. The number of carbonyl (C=O) groups excluding carboxylic acids is 1. The minimum atomic E-state index is -0.272. The summed E-state index contributed by atoms with van der Waals surface area (Å²) in [7, 11) is 0. The molecule has 0 bridgehead atoms. The standard InChI is InChI=1S/C24H23Cl2N7O2/c1-14-4-7-27-19(10-14)23(35)32-8-5-16(6-9-32)33-21-20(13-29-33)30-24(31-22(21)34)28-12-15-2-3-17(25)18(26)11-15/h2-4,7,10-11,13,16H,5-6,8-9,12H2,1H3,(H2,28,30,31,34). The normalized spacial score (nSPS) is 14.4. The number of aromatic amines is 1. The minimum Gasteiger partial charge on any atom is -0.352 e. The first-order chi connectivity index (χ1) is 16.9. The molecule has 1 fully saturated rings. The van der Waals surface area contributed by atoms with E-state index in [0.29, 0.717) is 65.2 Å². The second-order valence-electron chi connectivity index (χ2n) is 8.58. The van der Waals surface area contributed by atoms with Crippen molar-refractivity contribution in [1.82, 2.24) is 29.6 Å². The summed E-state index contributed by atoms with van der Waals surface area (Å²) >= 11 is 12.0. The van der Waals surface area contributed by atoms with Crippen molar-refractivity contribution in [1.29, 1.82) is 0 Å². The molecule has 2 N–H and O–H groups in total. The largest absolute Gasteiger partial charge is 0.352 e. The van der Waals surface area contributed by atoms with E-state index in [1.54, 1.807) is 40.2 Å². The van der Waals surface area contributed by atoms with Gasteiger partial charge in [0.1, 0.15) is 11.2 Å². The van der Waals surface area contributed by atoms with Crippen LogP contribution in [0.3, 0.4) is 0 Å². The SMILES string of the molecule is Cc1ccnc(C(=O)N2CCC(n3ncc4nc(NCc5ccc(Cl)c(Cl)c5)[nH]c(=O)c43)CC2)c1. The average molecular weight is 512 g/mol. The van der Waals surface area contributed by atoms with Gasteiger partial charge in [-0.05, 0) is 55.2 Å². The number of nitrogens with one attached hydrogen (secondary N) is 2. The number of likely N-dealkylation sites (tertiary alicyclic amines) is 1. The number of rotatable bonds is 5. The topological polar surface area (TPSA) is 109 Å². The summed E-state index contributed by atoms with van der Waals surface area (Å²) in [5.74, 6) is 0.272. The van der Waals surface area contributed by atoms with Crippen LogP contribution in [0.15, 0.2) is 47.5 Å². The number of nitrogens with zero attached hydrogens (tertiary/aromatic N) is 5. The van der Waals surface area contributed by atoms with E-state index >= 15 is 0 Å². The summed E-state index contributed by atoms with van der Waals surface area (Å²) in [4.78, 5) is 39.0. The Morgan fingerprint density at radius 3 is 2.71 bits per heavy atom. The van der Waals surface area contributed by atoms with E-state index < -0.39 is 0 Å². The Morgan fingerprint density at radius 2 is 1.97 bits per heavy atom. The molecule has 1 aliphatic heterocycles. The number of anilines is 1. The first kappa shape index (κ1) is 23.3. The van der Waals surface area contributed by atoms with E-state index in [2.05, 4.69) is 25.4 Å². The van der Waals surface area contributed by atoms with Gasteiger partial charge in [0, 0.05) is 25.8 Å². The molecule has 0 spiro atoms. The maximum atomic E-state index is 12.9. The van der Waals surface area contributed by atoms with Crippen LogP contribution in [0.2, 0.25) is 10.0 Å². The first-order valence-electron chi connectivity index (χ1n) is 11.3. The highest BCUT2D eigenvalue weighted by Gasteiger charge is 2.27. The van der Waals surface area contributed by atoms with Gasteiger partial charge in [0.05, 0.1) is 22.3 Å². The van der Waals surface area contributed by atoms with Crippen LogP contribution in [-0.4, -0.2) is 48.6 Å². The van der Waals surface area contributed by atoms with Crippen LogP contribution in [0.4, 0.5) is 5.95 Å². The number of carbonyl (C=O) groups is 1. The maximum Gasteiger partial charge on any atom is 0.278 e. The van der Waals surface area contributed by atoms with Crippen LogP contribution in [-0.2, 0) is 6.54 Å². The van der Waals surface area contributed by atoms with Gasteiger partial charge in [-0.15, -0.1) is 0 Å². The van der Waals surface area contributed by atoms with Gasteiger partial charge in [0.25, 0.3) is 11.5 Å². The summed E-state index contributed by atoms with van der Waals surface area (Å²) < 4.78 is 1.73. The zero-order valence-corrected chi connectivity index (χ0v) is 20.5. The molecule has 35 heavy (non-hydrogen) atoms. The van der Waals surface area contributed by atoms with E-state index in [-0.39, 0.29) is 17.5 Å². The zero-order chi connectivity index (χ0) is 24.5. The lowest BCUT2D eigenvalue weighted by Gasteiger charge is -2.32. The number of H-pyrrole nitrogens is 1. The Kier molecular flexibility index (Phi) is 6.44. The molecule has 0 saturated carbocycles. The van der Waals surface area contributed by atoms with Gasteiger partial charge in [-0.2, -0.15) is 5.10 Å². The number of fused-ring (bicyclic) bond motifs is 1. The molecule has 4 aromatic rings. The van der Waals surface area contributed by atoms with Crippen LogP contribution in [0, 0.1) is 6.92 Å². The molecule has 1 saturated heterocycles. The van der Waals surface area contributed by atoms with Crippen molar-refractivity contribution in [2.24, 2.45) is 0 Å². The van der Waals surface area contributed by atoms with E-state index in [1.807, 2.05) is 19.1 Å². The van der Waals surface area contributed by atoms with Crippen LogP contribution >= 0.6 is 23.2 Å². The molecule has 1 aromatic carbocycles.